The first kappa shape index (κ1) is 21.8. The van der Waals surface area contributed by atoms with Crippen LogP contribution in [0.5, 0.6) is 0 Å². The van der Waals surface area contributed by atoms with Crippen LogP contribution in [0.25, 0.3) is 0 Å². The molecule has 5 atom stereocenters. The van der Waals surface area contributed by atoms with Gasteiger partial charge in [0.2, 0.25) is 12.2 Å². The molecule has 1 aliphatic heterocycles. The Morgan fingerprint density at radius 2 is 1.44 bits per heavy atom. The van der Waals surface area contributed by atoms with E-state index in [1.54, 1.807) is 0 Å². The van der Waals surface area contributed by atoms with Crippen molar-refractivity contribution >= 4 is 58.6 Å². The minimum absolute atomic E-state index is 0.711. The van der Waals surface area contributed by atoms with Gasteiger partial charge in [-0.2, -0.15) is 0 Å². The summed E-state index contributed by atoms with van der Waals surface area (Å²) in [5.74, 6) is -5.36. The van der Waals surface area contributed by atoms with E-state index in [4.69, 9.17) is 59.5 Å². The Kier molecular flexibility index (Phi) is 7.30. The largest absolute Gasteiger partial charge is 0.457 e. The molecule has 25 heavy (non-hydrogen) atoms. The van der Waals surface area contributed by atoms with E-state index in [0.717, 1.165) is 13.8 Å². The van der Waals surface area contributed by atoms with Crippen molar-refractivity contribution < 1.29 is 38.1 Å². The van der Waals surface area contributed by atoms with E-state index < -0.39 is 58.1 Å². The highest BCUT2D eigenvalue weighted by atomic mass is 35.6. The van der Waals surface area contributed by atoms with Crippen molar-refractivity contribution in [3.05, 3.63) is 0 Å². The van der Waals surface area contributed by atoms with Crippen molar-refractivity contribution in [3.8, 4) is 0 Å². The molecule has 0 saturated carbocycles. The molecule has 0 aromatic heterocycles. The average Bonchev–Trinajstić information content (AvgIpc) is 2.40. The maximum Gasteiger partial charge on any atom is 0.360 e. The number of halogens is 3. The fourth-order valence-corrected chi connectivity index (χ4v) is 2.39. The van der Waals surface area contributed by atoms with Gasteiger partial charge < -0.3 is 24.7 Å². The van der Waals surface area contributed by atoms with Crippen LogP contribution in [0, 0.1) is 5.92 Å². The van der Waals surface area contributed by atoms with Crippen LogP contribution in [-0.2, 0) is 38.1 Å². The summed E-state index contributed by atoms with van der Waals surface area (Å²) in [6.45, 7) is 3.63. The van der Waals surface area contributed by atoms with Crippen molar-refractivity contribution in [2.24, 2.45) is 11.7 Å². The third-order valence-electron chi connectivity index (χ3n) is 3.17. The number of hydrogen-bond acceptors (Lipinski definition) is 8. The van der Waals surface area contributed by atoms with Crippen molar-refractivity contribution in [2.45, 2.75) is 49.2 Å². The van der Waals surface area contributed by atoms with Crippen LogP contribution in [-0.4, -0.2) is 52.2 Å². The van der Waals surface area contributed by atoms with Crippen LogP contribution in [0.2, 0.25) is 0 Å². The minimum Gasteiger partial charge on any atom is -0.457 e. The number of hydrogen-bond donors (Lipinski definition) is 1. The summed E-state index contributed by atoms with van der Waals surface area (Å²) >= 11 is 16.2. The van der Waals surface area contributed by atoms with Crippen molar-refractivity contribution in [3.63, 3.8) is 0 Å². The van der Waals surface area contributed by atoms with E-state index in [-0.39, 0.29) is 0 Å². The molecular formula is C13H16Cl3NO8. The van der Waals surface area contributed by atoms with Crippen LogP contribution in [0.1, 0.15) is 20.8 Å². The lowest BCUT2D eigenvalue weighted by Crippen LogP contribution is -2.61. The summed E-state index contributed by atoms with van der Waals surface area (Å²) in [4.78, 5) is 46.3. The van der Waals surface area contributed by atoms with Crippen LogP contribution in [0.15, 0.2) is 0 Å². The van der Waals surface area contributed by atoms with Gasteiger partial charge in [-0.05, 0) is 6.92 Å². The molecule has 0 bridgehead atoms. The highest BCUT2D eigenvalue weighted by molar-refractivity contribution is 6.75. The van der Waals surface area contributed by atoms with Gasteiger partial charge in [0.25, 0.3) is 3.79 Å². The second-order valence-corrected chi connectivity index (χ2v) is 7.47. The summed E-state index contributed by atoms with van der Waals surface area (Å²) in [6, 6.07) is 0. The van der Waals surface area contributed by atoms with E-state index in [1.165, 1.54) is 6.92 Å². The molecule has 1 aliphatic rings. The molecule has 1 amide bonds. The van der Waals surface area contributed by atoms with E-state index in [1.807, 2.05) is 0 Å². The van der Waals surface area contributed by atoms with Crippen LogP contribution in [0.4, 0.5) is 0 Å². The molecule has 0 spiro atoms. The maximum absolute atomic E-state index is 11.8. The maximum atomic E-state index is 11.8. The molecule has 12 heteroatoms. The summed E-state index contributed by atoms with van der Waals surface area (Å²) in [6.07, 6.45) is -5.08. The molecule has 0 radical (unpaired) electrons. The van der Waals surface area contributed by atoms with Crippen molar-refractivity contribution in [1.82, 2.24) is 0 Å². The van der Waals surface area contributed by atoms with Gasteiger partial charge in [-0.15, -0.1) is 0 Å². The highest BCUT2D eigenvalue weighted by Gasteiger charge is 2.53. The third-order valence-corrected chi connectivity index (χ3v) is 3.63. The second kappa shape index (κ2) is 8.39. The summed E-state index contributed by atoms with van der Waals surface area (Å²) < 4.78 is 17.9. The molecule has 0 aromatic carbocycles. The topological polar surface area (TPSA) is 131 Å². The van der Waals surface area contributed by atoms with Crippen LogP contribution >= 0.6 is 34.8 Å². The zero-order valence-electron chi connectivity index (χ0n) is 13.4. The SMILES string of the molecule is CC(=O)O[C@@H]1[C@@H](OC(C)=O)[C@H](C)O[C@@H](OC(=O)C(Cl)(Cl)Cl)[C@H]1C(N)=O. The smallest absolute Gasteiger partial charge is 0.360 e. The molecule has 0 unspecified atom stereocenters. The quantitative estimate of drug-likeness (QED) is 0.397. The van der Waals surface area contributed by atoms with Gasteiger partial charge >= 0.3 is 17.9 Å². The number of esters is 3. The zero-order chi connectivity index (χ0) is 19.5. The summed E-state index contributed by atoms with van der Waals surface area (Å²) in [7, 11) is 0. The van der Waals surface area contributed by atoms with Crippen LogP contribution < -0.4 is 5.73 Å². The van der Waals surface area contributed by atoms with Gasteiger partial charge in [-0.3, -0.25) is 14.4 Å². The van der Waals surface area contributed by atoms with Crippen molar-refractivity contribution in [2.75, 3.05) is 0 Å². The Hall–Kier alpha value is -1.29. The monoisotopic (exact) mass is 419 g/mol. The molecule has 1 heterocycles. The number of carbonyl (C=O) groups is 4. The van der Waals surface area contributed by atoms with E-state index in [2.05, 4.69) is 0 Å². The van der Waals surface area contributed by atoms with Crippen molar-refractivity contribution in [1.29, 1.82) is 0 Å². The standard InChI is InChI=1S/C13H16Cl3NO8/c1-4-8(23-5(2)18)9(24-6(3)19)7(10(17)20)11(22-4)25-12(21)13(14,15)16/h4,7-9,11H,1-3H3,(H2,17,20)/t4-,7+,8-,9-,11-/m0/s1. The molecule has 9 nitrogen and oxygen atoms in total. The first-order valence-electron chi connectivity index (χ1n) is 6.91. The Balaban J connectivity index is 3.20. The van der Waals surface area contributed by atoms with E-state index in [0.29, 0.717) is 0 Å². The predicted molar refractivity (Wildman–Crippen MR) is 84.5 cm³/mol. The molecule has 0 aliphatic carbocycles. The molecule has 142 valence electrons. The fourth-order valence-electron chi connectivity index (χ4n) is 2.26. The highest BCUT2D eigenvalue weighted by Crippen LogP contribution is 2.34. The van der Waals surface area contributed by atoms with Gasteiger partial charge in [-0.25, -0.2) is 4.79 Å². The average molecular weight is 421 g/mol. The lowest BCUT2D eigenvalue weighted by molar-refractivity contribution is -0.270. The van der Waals surface area contributed by atoms with Gasteiger partial charge in [0.1, 0.15) is 5.92 Å². The Bertz CT molecular complexity index is 564. The lowest BCUT2D eigenvalue weighted by atomic mass is 9.90. The molecule has 1 fully saturated rings. The molecule has 2 N–H and O–H groups in total. The Labute approximate surface area is 157 Å². The summed E-state index contributed by atoms with van der Waals surface area (Å²) in [5.41, 5.74) is 5.31. The van der Waals surface area contributed by atoms with E-state index >= 15 is 0 Å². The lowest BCUT2D eigenvalue weighted by Gasteiger charge is -2.42. The van der Waals surface area contributed by atoms with Crippen LogP contribution in [0.3, 0.4) is 0 Å². The molecule has 1 saturated heterocycles. The first-order valence-corrected chi connectivity index (χ1v) is 8.05. The molecule has 0 aromatic rings. The number of alkyl halides is 3. The second-order valence-electron chi connectivity index (χ2n) is 5.19. The number of carbonyl (C=O) groups excluding carboxylic acids is 4. The Morgan fingerprint density at radius 1 is 0.960 bits per heavy atom. The third kappa shape index (κ3) is 5.88. The molecular weight excluding hydrogens is 405 g/mol. The van der Waals surface area contributed by atoms with Gasteiger partial charge in [0, 0.05) is 13.8 Å². The zero-order valence-corrected chi connectivity index (χ0v) is 15.6. The minimum atomic E-state index is -2.43. The summed E-state index contributed by atoms with van der Waals surface area (Å²) in [5, 5.41) is 0. The first-order chi connectivity index (χ1) is 11.3. The van der Waals surface area contributed by atoms with Gasteiger partial charge in [0.05, 0.1) is 6.10 Å². The normalized spacial score (nSPS) is 29.4. The predicted octanol–water partition coefficient (Wildman–Crippen LogP) is 0.610. The number of amides is 1. The van der Waals surface area contributed by atoms with Gasteiger partial charge in [-0.1, -0.05) is 34.8 Å². The number of ether oxygens (including phenoxy) is 4. The van der Waals surface area contributed by atoms with Gasteiger partial charge in [0.15, 0.2) is 12.2 Å². The number of primary amides is 1. The van der Waals surface area contributed by atoms with E-state index in [9.17, 15) is 19.2 Å². The fraction of sp³-hybridized carbons (Fsp3) is 0.692. The molecule has 1 rings (SSSR count). The number of nitrogens with two attached hydrogens (primary N) is 1. The number of rotatable bonds is 4. The Morgan fingerprint density at radius 3 is 1.84 bits per heavy atom.